The van der Waals surface area contributed by atoms with Crippen molar-refractivity contribution >= 4 is 16.9 Å². The van der Waals surface area contributed by atoms with Crippen molar-refractivity contribution in [2.75, 3.05) is 6.61 Å². The Kier molecular flexibility index (Phi) is 4.61. The number of nitriles is 1. The number of rotatable bonds is 4. The van der Waals surface area contributed by atoms with Crippen LogP contribution in [0.25, 0.3) is 11.0 Å². The SMILES string of the molecule is N#CC1(NC(=O)COc2ccc3c4c(c(=O)oc3c2)CCC4)CCCCC1. The Bertz CT molecular complexity index is 980. The molecule has 2 aliphatic carbocycles. The zero-order valence-corrected chi connectivity index (χ0v) is 15.2. The Balaban J connectivity index is 1.46. The fourth-order valence-corrected chi connectivity index (χ4v) is 4.23. The summed E-state index contributed by atoms with van der Waals surface area (Å²) in [5.74, 6) is 0.155. The van der Waals surface area contributed by atoms with Gasteiger partial charge >= 0.3 is 5.63 Å². The number of fused-ring (bicyclic) bond motifs is 3. The monoisotopic (exact) mass is 366 g/mol. The fraction of sp³-hybridized carbons (Fsp3) is 0.476. The molecule has 0 atom stereocenters. The predicted molar refractivity (Wildman–Crippen MR) is 99.6 cm³/mol. The van der Waals surface area contributed by atoms with E-state index in [1.165, 1.54) is 0 Å². The van der Waals surface area contributed by atoms with E-state index < -0.39 is 5.54 Å². The summed E-state index contributed by atoms with van der Waals surface area (Å²) in [7, 11) is 0. The number of carbonyl (C=O) groups is 1. The van der Waals surface area contributed by atoms with Gasteiger partial charge in [-0.1, -0.05) is 19.3 Å². The number of aryl methyl sites for hydroxylation is 1. The number of carbonyl (C=O) groups excluding carboxylic acids is 1. The van der Waals surface area contributed by atoms with Gasteiger partial charge in [0.1, 0.15) is 16.9 Å². The lowest BCUT2D eigenvalue weighted by Crippen LogP contribution is -2.50. The highest BCUT2D eigenvalue weighted by Crippen LogP contribution is 2.30. The summed E-state index contributed by atoms with van der Waals surface area (Å²) in [4.78, 5) is 24.3. The number of nitrogens with zero attached hydrogens (tertiary/aromatic N) is 1. The third kappa shape index (κ3) is 3.42. The Hall–Kier alpha value is -2.81. The molecule has 0 bridgehead atoms. The van der Waals surface area contributed by atoms with Crippen LogP contribution in [0, 0.1) is 11.3 Å². The summed E-state index contributed by atoms with van der Waals surface area (Å²) in [6, 6.07) is 7.59. The average Bonchev–Trinajstić information content (AvgIpc) is 3.18. The molecule has 1 fully saturated rings. The zero-order valence-electron chi connectivity index (χ0n) is 15.2. The zero-order chi connectivity index (χ0) is 18.9. The first-order valence-electron chi connectivity index (χ1n) is 9.54. The molecule has 1 saturated carbocycles. The molecule has 0 aliphatic heterocycles. The summed E-state index contributed by atoms with van der Waals surface area (Å²) in [5, 5.41) is 13.2. The van der Waals surface area contributed by atoms with E-state index in [2.05, 4.69) is 11.4 Å². The Morgan fingerprint density at radius 3 is 2.74 bits per heavy atom. The molecule has 0 saturated heterocycles. The van der Waals surface area contributed by atoms with Crippen molar-refractivity contribution in [2.24, 2.45) is 0 Å². The topological polar surface area (TPSA) is 92.3 Å². The number of hydrogen-bond acceptors (Lipinski definition) is 5. The van der Waals surface area contributed by atoms with Gasteiger partial charge in [-0.3, -0.25) is 4.79 Å². The number of hydrogen-bond donors (Lipinski definition) is 1. The molecule has 2 aliphatic rings. The lowest BCUT2D eigenvalue weighted by atomic mass is 9.83. The first-order chi connectivity index (χ1) is 13.1. The summed E-state index contributed by atoms with van der Waals surface area (Å²) < 4.78 is 11.0. The molecule has 1 N–H and O–H groups in total. The van der Waals surface area contributed by atoms with Crippen molar-refractivity contribution in [3.63, 3.8) is 0 Å². The van der Waals surface area contributed by atoms with Gasteiger partial charge in [-0.05, 0) is 49.8 Å². The van der Waals surface area contributed by atoms with E-state index >= 15 is 0 Å². The Morgan fingerprint density at radius 2 is 1.96 bits per heavy atom. The van der Waals surface area contributed by atoms with Gasteiger partial charge in [-0.25, -0.2) is 4.79 Å². The highest BCUT2D eigenvalue weighted by Gasteiger charge is 2.33. The van der Waals surface area contributed by atoms with Gasteiger partial charge in [0.15, 0.2) is 6.61 Å². The van der Waals surface area contributed by atoms with Crippen LogP contribution in [0.2, 0.25) is 0 Å². The maximum atomic E-state index is 12.3. The summed E-state index contributed by atoms with van der Waals surface area (Å²) in [6.07, 6.45) is 6.98. The molecule has 0 unspecified atom stereocenters. The molecule has 0 radical (unpaired) electrons. The lowest BCUT2D eigenvalue weighted by molar-refractivity contribution is -0.124. The standard InChI is InChI=1S/C21H22N2O4/c22-13-21(9-2-1-3-10-21)23-19(24)12-26-14-7-8-16-15-5-4-6-17(15)20(25)27-18(16)11-14/h7-8,11H,1-6,9-10,12H2,(H,23,24). The summed E-state index contributed by atoms with van der Waals surface area (Å²) >= 11 is 0. The van der Waals surface area contributed by atoms with Crippen molar-refractivity contribution in [3.8, 4) is 11.8 Å². The first-order valence-corrected chi connectivity index (χ1v) is 9.54. The molecule has 6 nitrogen and oxygen atoms in total. The number of nitrogens with one attached hydrogen (secondary N) is 1. The lowest BCUT2D eigenvalue weighted by Gasteiger charge is -2.31. The second-order valence-electron chi connectivity index (χ2n) is 7.45. The van der Waals surface area contributed by atoms with Gasteiger partial charge in [0.05, 0.1) is 6.07 Å². The molecule has 4 rings (SSSR count). The molecule has 1 amide bonds. The van der Waals surface area contributed by atoms with Gasteiger partial charge in [0, 0.05) is 17.0 Å². The summed E-state index contributed by atoms with van der Waals surface area (Å²) in [6.45, 7) is -0.176. The number of benzene rings is 1. The molecular formula is C21H22N2O4. The smallest absolute Gasteiger partial charge is 0.339 e. The minimum atomic E-state index is -0.768. The normalized spacial score (nSPS) is 17.9. The molecule has 2 aromatic rings. The van der Waals surface area contributed by atoms with Gasteiger partial charge in [0.25, 0.3) is 5.91 Å². The average molecular weight is 366 g/mol. The van der Waals surface area contributed by atoms with Crippen LogP contribution in [-0.4, -0.2) is 18.1 Å². The number of ether oxygens (including phenoxy) is 1. The molecule has 1 aromatic carbocycles. The predicted octanol–water partition coefficient (Wildman–Crippen LogP) is 3.00. The van der Waals surface area contributed by atoms with Gasteiger partial charge < -0.3 is 14.5 Å². The van der Waals surface area contributed by atoms with Crippen LogP contribution < -0.4 is 15.7 Å². The minimum Gasteiger partial charge on any atom is -0.484 e. The first kappa shape index (κ1) is 17.6. The Labute approximate surface area is 157 Å². The molecule has 0 spiro atoms. The molecule has 27 heavy (non-hydrogen) atoms. The quantitative estimate of drug-likeness (QED) is 0.840. The van der Waals surface area contributed by atoms with E-state index in [0.717, 1.165) is 55.0 Å². The second-order valence-corrected chi connectivity index (χ2v) is 7.45. The minimum absolute atomic E-state index is 0.176. The molecule has 1 aromatic heterocycles. The van der Waals surface area contributed by atoms with Crippen LogP contribution in [0.5, 0.6) is 5.75 Å². The molecule has 6 heteroatoms. The molecule has 140 valence electrons. The Morgan fingerprint density at radius 1 is 1.19 bits per heavy atom. The van der Waals surface area contributed by atoms with Gasteiger partial charge in [-0.15, -0.1) is 0 Å². The molecule has 1 heterocycles. The van der Waals surface area contributed by atoms with Crippen LogP contribution in [0.4, 0.5) is 0 Å². The third-order valence-electron chi connectivity index (χ3n) is 5.61. The highest BCUT2D eigenvalue weighted by atomic mass is 16.5. The highest BCUT2D eigenvalue weighted by molar-refractivity contribution is 5.83. The van der Waals surface area contributed by atoms with Crippen LogP contribution in [0.3, 0.4) is 0 Å². The van der Waals surface area contributed by atoms with E-state index in [4.69, 9.17) is 9.15 Å². The van der Waals surface area contributed by atoms with Crippen molar-refractivity contribution in [1.82, 2.24) is 5.32 Å². The van der Waals surface area contributed by atoms with E-state index in [0.29, 0.717) is 24.2 Å². The van der Waals surface area contributed by atoms with Crippen LogP contribution in [-0.2, 0) is 17.6 Å². The van der Waals surface area contributed by atoms with Gasteiger partial charge in [0.2, 0.25) is 0 Å². The van der Waals surface area contributed by atoms with Crippen LogP contribution >= 0.6 is 0 Å². The van der Waals surface area contributed by atoms with E-state index in [1.807, 2.05) is 6.07 Å². The van der Waals surface area contributed by atoms with E-state index in [9.17, 15) is 14.9 Å². The van der Waals surface area contributed by atoms with Crippen LogP contribution in [0.15, 0.2) is 27.4 Å². The van der Waals surface area contributed by atoms with Crippen molar-refractivity contribution < 1.29 is 13.9 Å². The van der Waals surface area contributed by atoms with Gasteiger partial charge in [-0.2, -0.15) is 5.26 Å². The largest absolute Gasteiger partial charge is 0.484 e. The summed E-state index contributed by atoms with van der Waals surface area (Å²) in [5.41, 5.74) is 1.29. The van der Waals surface area contributed by atoms with E-state index in [-0.39, 0.29) is 18.1 Å². The van der Waals surface area contributed by atoms with Crippen molar-refractivity contribution in [3.05, 3.63) is 39.7 Å². The fourth-order valence-electron chi connectivity index (χ4n) is 4.23. The van der Waals surface area contributed by atoms with Crippen molar-refractivity contribution in [1.29, 1.82) is 5.26 Å². The van der Waals surface area contributed by atoms with Crippen molar-refractivity contribution in [2.45, 2.75) is 56.9 Å². The maximum Gasteiger partial charge on any atom is 0.339 e. The number of amides is 1. The van der Waals surface area contributed by atoms with Crippen LogP contribution in [0.1, 0.15) is 49.7 Å². The maximum absolute atomic E-state index is 12.3. The third-order valence-corrected chi connectivity index (χ3v) is 5.61. The van der Waals surface area contributed by atoms with E-state index in [1.54, 1.807) is 12.1 Å². The second kappa shape index (κ2) is 7.07. The molecular weight excluding hydrogens is 344 g/mol.